The maximum atomic E-state index is 9.70. The van der Waals surface area contributed by atoms with Gasteiger partial charge in [0.2, 0.25) is 0 Å². The van der Waals surface area contributed by atoms with Gasteiger partial charge in [-0.25, -0.2) is 0 Å². The summed E-state index contributed by atoms with van der Waals surface area (Å²) < 4.78 is 0. The molecule has 4 nitrogen and oxygen atoms in total. The first-order chi connectivity index (χ1) is 9.56. The van der Waals surface area contributed by atoms with Crippen LogP contribution in [-0.4, -0.2) is 72.4 Å². The molecule has 0 radical (unpaired) electrons. The third kappa shape index (κ3) is 6.53. The fourth-order valence-electron chi connectivity index (χ4n) is 2.76. The van der Waals surface area contributed by atoms with Crippen molar-refractivity contribution in [1.29, 1.82) is 0 Å². The van der Waals surface area contributed by atoms with Crippen LogP contribution in [-0.2, 0) is 0 Å². The molecule has 0 aromatic carbocycles. The Kier molecular flexibility index (Phi) is 8.03. The van der Waals surface area contributed by atoms with Gasteiger partial charge in [-0.1, -0.05) is 20.8 Å². The Morgan fingerprint density at radius 1 is 1.05 bits per heavy atom. The molecule has 20 heavy (non-hydrogen) atoms. The summed E-state index contributed by atoms with van der Waals surface area (Å²) in [7, 11) is 0. The lowest BCUT2D eigenvalue weighted by atomic mass is 10.0. The molecule has 1 aliphatic rings. The zero-order valence-electron chi connectivity index (χ0n) is 14.0. The van der Waals surface area contributed by atoms with Crippen LogP contribution < -0.4 is 5.32 Å². The molecule has 0 bridgehead atoms. The van der Waals surface area contributed by atoms with Gasteiger partial charge in [-0.2, -0.15) is 0 Å². The first kappa shape index (κ1) is 17.9. The van der Waals surface area contributed by atoms with Crippen molar-refractivity contribution in [3.8, 4) is 0 Å². The van der Waals surface area contributed by atoms with Crippen LogP contribution in [0.2, 0.25) is 0 Å². The van der Waals surface area contributed by atoms with E-state index in [1.807, 2.05) is 0 Å². The van der Waals surface area contributed by atoms with Crippen LogP contribution >= 0.6 is 0 Å². The summed E-state index contributed by atoms with van der Waals surface area (Å²) in [5.74, 6) is 0. The largest absolute Gasteiger partial charge is 0.394 e. The second-order valence-corrected chi connectivity index (χ2v) is 6.39. The smallest absolute Gasteiger partial charge is 0.0623 e. The van der Waals surface area contributed by atoms with Crippen LogP contribution in [0.1, 0.15) is 47.0 Å². The molecule has 0 amide bonds. The van der Waals surface area contributed by atoms with E-state index in [1.165, 1.54) is 25.8 Å². The molecule has 1 aliphatic carbocycles. The van der Waals surface area contributed by atoms with Crippen molar-refractivity contribution in [1.82, 2.24) is 15.1 Å². The van der Waals surface area contributed by atoms with E-state index in [9.17, 15) is 5.11 Å². The first-order valence-electron chi connectivity index (χ1n) is 8.40. The summed E-state index contributed by atoms with van der Waals surface area (Å²) >= 11 is 0. The van der Waals surface area contributed by atoms with E-state index in [2.05, 4.69) is 42.8 Å². The Bertz CT molecular complexity index is 254. The predicted octanol–water partition coefficient (Wildman–Crippen LogP) is 1.54. The van der Waals surface area contributed by atoms with Crippen molar-refractivity contribution >= 4 is 0 Å². The molecule has 0 aromatic rings. The van der Waals surface area contributed by atoms with Crippen LogP contribution in [0.15, 0.2) is 0 Å². The maximum Gasteiger partial charge on any atom is 0.0623 e. The zero-order valence-corrected chi connectivity index (χ0v) is 14.0. The van der Waals surface area contributed by atoms with E-state index in [1.54, 1.807) is 0 Å². The average Bonchev–Trinajstić information content (AvgIpc) is 3.26. The van der Waals surface area contributed by atoms with Gasteiger partial charge in [0.05, 0.1) is 12.1 Å². The second kappa shape index (κ2) is 8.98. The number of nitrogens with one attached hydrogen (secondary N) is 1. The van der Waals surface area contributed by atoms with Gasteiger partial charge in [0, 0.05) is 12.6 Å². The highest BCUT2D eigenvalue weighted by atomic mass is 16.3. The number of hydrogen-bond donors (Lipinski definition) is 2. The number of nitrogens with zero attached hydrogens (tertiary/aromatic N) is 2. The molecule has 0 spiro atoms. The SMILES string of the molecule is CCN(CC)CCCN(CC)CC(C)(CO)NC1CC1. The van der Waals surface area contributed by atoms with Gasteiger partial charge in [0.15, 0.2) is 0 Å². The van der Waals surface area contributed by atoms with Gasteiger partial charge < -0.3 is 20.2 Å². The normalized spacial score (nSPS) is 18.8. The summed E-state index contributed by atoms with van der Waals surface area (Å²) in [6.45, 7) is 15.6. The molecule has 2 N–H and O–H groups in total. The first-order valence-corrected chi connectivity index (χ1v) is 8.40. The van der Waals surface area contributed by atoms with E-state index >= 15 is 0 Å². The molecule has 4 heteroatoms. The van der Waals surface area contributed by atoms with Crippen LogP contribution in [0.25, 0.3) is 0 Å². The summed E-state index contributed by atoms with van der Waals surface area (Å²) in [5.41, 5.74) is -0.146. The van der Waals surface area contributed by atoms with Crippen molar-refractivity contribution < 1.29 is 5.11 Å². The Balaban J connectivity index is 2.32. The van der Waals surface area contributed by atoms with Crippen LogP contribution in [0.4, 0.5) is 0 Å². The molecule has 1 fully saturated rings. The Morgan fingerprint density at radius 3 is 2.05 bits per heavy atom. The zero-order chi connectivity index (χ0) is 15.0. The number of likely N-dealkylation sites (N-methyl/N-ethyl adjacent to an activating group) is 1. The van der Waals surface area contributed by atoms with E-state index in [-0.39, 0.29) is 12.1 Å². The minimum Gasteiger partial charge on any atom is -0.394 e. The molecule has 1 unspecified atom stereocenters. The Morgan fingerprint density at radius 2 is 1.60 bits per heavy atom. The van der Waals surface area contributed by atoms with E-state index < -0.39 is 0 Å². The van der Waals surface area contributed by atoms with Gasteiger partial charge in [-0.3, -0.25) is 0 Å². The molecule has 0 heterocycles. The number of hydrogen-bond acceptors (Lipinski definition) is 4. The highest BCUT2D eigenvalue weighted by molar-refractivity contribution is 4.94. The molecule has 1 atom stereocenters. The number of aliphatic hydroxyl groups excluding tert-OH is 1. The van der Waals surface area contributed by atoms with Crippen molar-refractivity contribution in [2.45, 2.75) is 58.5 Å². The monoisotopic (exact) mass is 285 g/mol. The van der Waals surface area contributed by atoms with Crippen molar-refractivity contribution in [3.63, 3.8) is 0 Å². The van der Waals surface area contributed by atoms with E-state index in [0.717, 1.165) is 32.7 Å². The molecule has 0 saturated heterocycles. The highest BCUT2D eigenvalue weighted by Gasteiger charge is 2.33. The third-order valence-electron chi connectivity index (χ3n) is 4.34. The maximum absolute atomic E-state index is 9.70. The van der Waals surface area contributed by atoms with Gasteiger partial charge in [-0.15, -0.1) is 0 Å². The Hall–Kier alpha value is -0.160. The van der Waals surface area contributed by atoms with Gasteiger partial charge in [0.1, 0.15) is 0 Å². The standard InChI is InChI=1S/C16H35N3O/c1-5-18(6-2)11-8-12-19(7-3)13-16(4,14-20)17-15-9-10-15/h15,17,20H,5-14H2,1-4H3. The van der Waals surface area contributed by atoms with Gasteiger partial charge >= 0.3 is 0 Å². The quantitative estimate of drug-likeness (QED) is 0.570. The molecule has 120 valence electrons. The summed E-state index contributed by atoms with van der Waals surface area (Å²) in [6, 6.07) is 0.640. The van der Waals surface area contributed by atoms with Crippen molar-refractivity contribution in [3.05, 3.63) is 0 Å². The lowest BCUT2D eigenvalue weighted by Gasteiger charge is -2.35. The third-order valence-corrected chi connectivity index (χ3v) is 4.34. The van der Waals surface area contributed by atoms with Crippen LogP contribution in [0, 0.1) is 0 Å². The fraction of sp³-hybridized carbons (Fsp3) is 1.00. The fourth-order valence-corrected chi connectivity index (χ4v) is 2.76. The van der Waals surface area contributed by atoms with Crippen LogP contribution in [0.3, 0.4) is 0 Å². The molecule has 0 aliphatic heterocycles. The lowest BCUT2D eigenvalue weighted by molar-refractivity contribution is 0.118. The minimum absolute atomic E-state index is 0.146. The second-order valence-electron chi connectivity index (χ2n) is 6.39. The summed E-state index contributed by atoms with van der Waals surface area (Å²) in [6.07, 6.45) is 3.74. The van der Waals surface area contributed by atoms with Crippen molar-refractivity contribution in [2.24, 2.45) is 0 Å². The minimum atomic E-state index is -0.146. The number of rotatable bonds is 12. The van der Waals surface area contributed by atoms with Crippen molar-refractivity contribution in [2.75, 3.05) is 45.9 Å². The summed E-state index contributed by atoms with van der Waals surface area (Å²) in [5, 5.41) is 13.3. The molecular weight excluding hydrogens is 250 g/mol. The number of aliphatic hydroxyl groups is 1. The Labute approximate surface area is 125 Å². The van der Waals surface area contributed by atoms with Gasteiger partial charge in [0.25, 0.3) is 0 Å². The van der Waals surface area contributed by atoms with E-state index in [4.69, 9.17) is 0 Å². The molecule has 0 aromatic heterocycles. The molecule has 1 rings (SSSR count). The molecule has 1 saturated carbocycles. The predicted molar refractivity (Wildman–Crippen MR) is 86.2 cm³/mol. The summed E-state index contributed by atoms with van der Waals surface area (Å²) in [4.78, 5) is 4.94. The topological polar surface area (TPSA) is 38.7 Å². The lowest BCUT2D eigenvalue weighted by Crippen LogP contribution is -2.55. The highest BCUT2D eigenvalue weighted by Crippen LogP contribution is 2.22. The molecular formula is C16H35N3O. The van der Waals surface area contributed by atoms with Gasteiger partial charge in [-0.05, 0) is 58.9 Å². The van der Waals surface area contributed by atoms with Crippen LogP contribution in [0.5, 0.6) is 0 Å². The van der Waals surface area contributed by atoms with E-state index in [0.29, 0.717) is 6.04 Å². The average molecular weight is 285 g/mol.